The average molecular weight is 293 g/mol. The first-order valence-corrected chi connectivity index (χ1v) is 9.13. The summed E-state index contributed by atoms with van der Waals surface area (Å²) in [7, 11) is -3.17. The molecule has 2 aliphatic rings. The fourth-order valence-electron chi connectivity index (χ4n) is 4.11. The summed E-state index contributed by atoms with van der Waals surface area (Å²) in [6, 6.07) is 6.13. The molecule has 1 heterocycles. The van der Waals surface area contributed by atoms with Crippen molar-refractivity contribution in [2.24, 2.45) is 5.41 Å². The zero-order chi connectivity index (χ0) is 14.8. The highest BCUT2D eigenvalue weighted by Crippen LogP contribution is 2.54. The first-order valence-electron chi connectivity index (χ1n) is 7.24. The Bertz CT molecular complexity index is 663. The van der Waals surface area contributed by atoms with E-state index in [9.17, 15) is 8.42 Å². The van der Waals surface area contributed by atoms with Crippen LogP contribution in [0.4, 0.5) is 0 Å². The van der Waals surface area contributed by atoms with Crippen molar-refractivity contribution in [1.82, 2.24) is 5.32 Å². The second kappa shape index (κ2) is 4.08. The zero-order valence-electron chi connectivity index (χ0n) is 12.7. The minimum Gasteiger partial charge on any atom is -0.313 e. The van der Waals surface area contributed by atoms with Gasteiger partial charge in [0.05, 0.1) is 4.90 Å². The molecule has 0 aromatic heterocycles. The molecule has 1 aliphatic carbocycles. The Morgan fingerprint density at radius 1 is 1.25 bits per heavy atom. The van der Waals surface area contributed by atoms with Crippen molar-refractivity contribution >= 4 is 9.84 Å². The van der Waals surface area contributed by atoms with Crippen molar-refractivity contribution in [2.45, 2.75) is 50.0 Å². The van der Waals surface area contributed by atoms with E-state index in [1.54, 1.807) is 6.07 Å². The maximum atomic E-state index is 12.1. The first kappa shape index (κ1) is 14.1. The van der Waals surface area contributed by atoms with Crippen LogP contribution in [0.3, 0.4) is 0 Å². The van der Waals surface area contributed by atoms with Crippen molar-refractivity contribution in [3.63, 3.8) is 0 Å². The van der Waals surface area contributed by atoms with E-state index in [4.69, 9.17) is 0 Å². The second-order valence-electron chi connectivity index (χ2n) is 7.07. The van der Waals surface area contributed by atoms with Gasteiger partial charge in [0.1, 0.15) is 0 Å². The number of hydrogen-bond acceptors (Lipinski definition) is 3. The smallest absolute Gasteiger partial charge is 0.175 e. The van der Waals surface area contributed by atoms with Gasteiger partial charge in [0.2, 0.25) is 0 Å². The normalized spacial score (nSPS) is 31.7. The van der Waals surface area contributed by atoms with Crippen molar-refractivity contribution in [3.05, 3.63) is 29.3 Å². The Labute approximate surface area is 121 Å². The number of benzene rings is 1. The van der Waals surface area contributed by atoms with Crippen molar-refractivity contribution in [1.29, 1.82) is 0 Å². The second-order valence-corrected chi connectivity index (χ2v) is 9.05. The number of nitrogens with one attached hydrogen (secondary N) is 1. The lowest BCUT2D eigenvalue weighted by Crippen LogP contribution is -2.62. The van der Waals surface area contributed by atoms with E-state index in [1.165, 1.54) is 11.8 Å². The van der Waals surface area contributed by atoms with Gasteiger partial charge < -0.3 is 5.32 Å². The Morgan fingerprint density at radius 2 is 1.95 bits per heavy atom. The molecule has 1 aromatic rings. The number of hydrogen-bond donors (Lipinski definition) is 1. The molecule has 2 atom stereocenters. The minimum absolute atomic E-state index is 0.0389. The van der Waals surface area contributed by atoms with Gasteiger partial charge >= 0.3 is 0 Å². The fraction of sp³-hybridized carbons (Fsp3) is 0.625. The molecular weight excluding hydrogens is 270 g/mol. The van der Waals surface area contributed by atoms with Crippen LogP contribution in [0.15, 0.2) is 23.1 Å². The molecule has 4 heteroatoms. The number of rotatable bonds is 1. The van der Waals surface area contributed by atoms with E-state index in [2.05, 4.69) is 32.2 Å². The summed E-state index contributed by atoms with van der Waals surface area (Å²) >= 11 is 0. The molecule has 3 rings (SSSR count). The topological polar surface area (TPSA) is 46.2 Å². The highest BCUT2D eigenvalue weighted by Gasteiger charge is 2.53. The molecule has 1 fully saturated rings. The molecule has 0 saturated carbocycles. The molecular formula is C16H23NO2S. The maximum Gasteiger partial charge on any atom is 0.175 e. The van der Waals surface area contributed by atoms with Crippen molar-refractivity contribution in [3.8, 4) is 0 Å². The Kier molecular flexibility index (Phi) is 2.87. The maximum absolute atomic E-state index is 12.1. The summed E-state index contributed by atoms with van der Waals surface area (Å²) < 4.78 is 24.1. The molecule has 0 radical (unpaired) electrons. The Morgan fingerprint density at radius 3 is 2.60 bits per heavy atom. The lowest BCUT2D eigenvalue weighted by atomic mass is 9.51. The number of sulfone groups is 1. The van der Waals surface area contributed by atoms with Gasteiger partial charge in [-0.25, -0.2) is 8.42 Å². The molecule has 20 heavy (non-hydrogen) atoms. The van der Waals surface area contributed by atoms with Gasteiger partial charge in [-0.15, -0.1) is 0 Å². The monoisotopic (exact) mass is 293 g/mol. The van der Waals surface area contributed by atoms with E-state index in [1.807, 2.05) is 6.07 Å². The molecule has 1 N–H and O–H groups in total. The van der Waals surface area contributed by atoms with Crippen LogP contribution in [-0.2, 0) is 21.7 Å². The predicted molar refractivity (Wildman–Crippen MR) is 80.8 cm³/mol. The van der Waals surface area contributed by atoms with Crippen molar-refractivity contribution in [2.75, 3.05) is 12.8 Å². The summed E-state index contributed by atoms with van der Waals surface area (Å²) in [6.45, 7) is 7.91. The van der Waals surface area contributed by atoms with Gasteiger partial charge in [-0.3, -0.25) is 0 Å². The molecule has 2 bridgehead atoms. The largest absolute Gasteiger partial charge is 0.313 e. The van der Waals surface area contributed by atoms with E-state index in [-0.39, 0.29) is 10.8 Å². The summed E-state index contributed by atoms with van der Waals surface area (Å²) in [5.74, 6) is 0. The molecule has 1 unspecified atom stereocenters. The van der Waals surface area contributed by atoms with Gasteiger partial charge in [0, 0.05) is 17.7 Å². The van der Waals surface area contributed by atoms with Gasteiger partial charge in [-0.1, -0.05) is 32.9 Å². The number of fused-ring (bicyclic) bond motifs is 4. The number of piperidine rings is 1. The van der Waals surface area contributed by atoms with E-state index in [0.29, 0.717) is 10.9 Å². The van der Waals surface area contributed by atoms with Crippen LogP contribution >= 0.6 is 0 Å². The lowest BCUT2D eigenvalue weighted by Gasteiger charge is -2.57. The Balaban J connectivity index is 2.30. The standard InChI is InChI=1S/C16H23NO2S/c1-15(2)14-10-11-12(16(15,3)8-9-17-14)6-5-7-13(11)20(4,18)19/h5-7,14,17H,8-10H2,1-4H3/t14-,16?/m1/s1. The van der Waals surface area contributed by atoms with Gasteiger partial charge in [0.15, 0.2) is 9.84 Å². The van der Waals surface area contributed by atoms with E-state index in [0.717, 1.165) is 24.9 Å². The van der Waals surface area contributed by atoms with Crippen molar-refractivity contribution < 1.29 is 8.42 Å². The SMILES string of the molecule is CC12CCN[C@H](Cc3c1cccc3S(C)(=O)=O)C2(C)C. The Hall–Kier alpha value is -0.870. The predicted octanol–water partition coefficient (Wildman–Crippen LogP) is 2.29. The van der Waals surface area contributed by atoms with Gasteiger partial charge in [-0.2, -0.15) is 0 Å². The van der Waals surface area contributed by atoms with Crippen LogP contribution < -0.4 is 5.32 Å². The summed E-state index contributed by atoms with van der Waals surface area (Å²) in [4.78, 5) is 0.519. The third-order valence-electron chi connectivity index (χ3n) is 5.84. The van der Waals surface area contributed by atoms with Crippen LogP contribution in [0, 0.1) is 5.41 Å². The molecule has 110 valence electrons. The minimum atomic E-state index is -3.17. The summed E-state index contributed by atoms with van der Waals surface area (Å²) in [5, 5.41) is 3.59. The quantitative estimate of drug-likeness (QED) is 0.864. The fourth-order valence-corrected chi connectivity index (χ4v) is 5.08. The lowest BCUT2D eigenvalue weighted by molar-refractivity contribution is 0.0550. The van der Waals surface area contributed by atoms with Crippen LogP contribution in [-0.4, -0.2) is 27.3 Å². The van der Waals surface area contributed by atoms with Crippen LogP contribution in [0.5, 0.6) is 0 Å². The van der Waals surface area contributed by atoms with Crippen LogP contribution in [0.25, 0.3) is 0 Å². The average Bonchev–Trinajstić information content (AvgIpc) is 2.31. The van der Waals surface area contributed by atoms with Crippen LogP contribution in [0.2, 0.25) is 0 Å². The highest BCUT2D eigenvalue weighted by atomic mass is 32.2. The van der Waals surface area contributed by atoms with Crippen LogP contribution in [0.1, 0.15) is 38.3 Å². The summed E-state index contributed by atoms with van der Waals surface area (Å²) in [5.41, 5.74) is 2.45. The molecule has 1 aliphatic heterocycles. The molecule has 0 spiro atoms. The molecule has 1 aromatic carbocycles. The van der Waals surface area contributed by atoms with E-state index >= 15 is 0 Å². The van der Waals surface area contributed by atoms with E-state index < -0.39 is 9.84 Å². The molecule has 1 saturated heterocycles. The molecule has 3 nitrogen and oxygen atoms in total. The highest BCUT2D eigenvalue weighted by molar-refractivity contribution is 7.90. The third-order valence-corrected chi connectivity index (χ3v) is 7.03. The summed E-state index contributed by atoms with van der Waals surface area (Å²) in [6.07, 6.45) is 3.17. The molecule has 0 amide bonds. The third kappa shape index (κ3) is 1.70. The van der Waals surface area contributed by atoms with Gasteiger partial charge in [-0.05, 0) is 42.0 Å². The zero-order valence-corrected chi connectivity index (χ0v) is 13.5. The van der Waals surface area contributed by atoms with Gasteiger partial charge in [0.25, 0.3) is 0 Å². The first-order chi connectivity index (χ1) is 9.18.